The van der Waals surface area contributed by atoms with Gasteiger partial charge in [-0.15, -0.1) is 0 Å². The van der Waals surface area contributed by atoms with Crippen LogP contribution in [0.2, 0.25) is 0 Å². The van der Waals surface area contributed by atoms with Gasteiger partial charge in [-0.1, -0.05) is 6.07 Å². The molecule has 0 saturated heterocycles. The normalized spacial score (nSPS) is 12.8. The van der Waals surface area contributed by atoms with Gasteiger partial charge in [0.05, 0.1) is 11.7 Å². The molecule has 1 heterocycles. The Hall–Kier alpha value is -1.75. The molecule has 1 atom stereocenters. The zero-order valence-corrected chi connectivity index (χ0v) is 9.61. The van der Waals surface area contributed by atoms with Crippen molar-refractivity contribution >= 4 is 0 Å². The summed E-state index contributed by atoms with van der Waals surface area (Å²) in [6.45, 7) is 1.57. The average molecular weight is 237 g/mol. The number of hydrogen-bond donors (Lipinski definition) is 1. The maximum atomic E-state index is 13.9. The lowest BCUT2D eigenvalue weighted by atomic mass is 10.0. The van der Waals surface area contributed by atoms with E-state index < -0.39 is 17.7 Å². The number of nitrogens with two attached hydrogens (primary N) is 1. The van der Waals surface area contributed by atoms with Gasteiger partial charge in [-0.2, -0.15) is 5.10 Å². The first-order chi connectivity index (χ1) is 8.00. The number of aryl methyl sites for hydroxylation is 2. The molecule has 0 aliphatic heterocycles. The van der Waals surface area contributed by atoms with Gasteiger partial charge in [0.1, 0.15) is 11.6 Å². The first kappa shape index (κ1) is 11.7. The van der Waals surface area contributed by atoms with Crippen LogP contribution in [0.25, 0.3) is 0 Å². The topological polar surface area (TPSA) is 43.8 Å². The quantitative estimate of drug-likeness (QED) is 0.868. The van der Waals surface area contributed by atoms with E-state index in [0.29, 0.717) is 11.3 Å². The molecule has 0 spiro atoms. The first-order valence-corrected chi connectivity index (χ1v) is 5.20. The smallest absolute Gasteiger partial charge is 0.134 e. The van der Waals surface area contributed by atoms with Crippen LogP contribution in [0.4, 0.5) is 8.78 Å². The monoisotopic (exact) mass is 237 g/mol. The Morgan fingerprint density at radius 2 is 2.00 bits per heavy atom. The van der Waals surface area contributed by atoms with Crippen molar-refractivity contribution in [2.24, 2.45) is 12.8 Å². The molecule has 0 aliphatic carbocycles. The number of nitrogens with zero attached hydrogens (tertiary/aromatic N) is 2. The third-order valence-electron chi connectivity index (χ3n) is 2.68. The minimum Gasteiger partial charge on any atom is -0.319 e. The molecule has 0 radical (unpaired) electrons. The van der Waals surface area contributed by atoms with E-state index in [1.165, 1.54) is 12.1 Å². The maximum Gasteiger partial charge on any atom is 0.134 e. The van der Waals surface area contributed by atoms with Crippen LogP contribution in [0.1, 0.15) is 22.9 Å². The molecule has 0 amide bonds. The van der Waals surface area contributed by atoms with E-state index in [4.69, 9.17) is 5.73 Å². The Labute approximate surface area is 97.9 Å². The lowest BCUT2D eigenvalue weighted by molar-refractivity contribution is 0.534. The Morgan fingerprint density at radius 1 is 1.29 bits per heavy atom. The SMILES string of the molecule is Cc1ccc(F)c(C(N)c2ccn(C)n2)c1F. The van der Waals surface area contributed by atoms with Crippen LogP contribution in [-0.4, -0.2) is 9.78 Å². The summed E-state index contributed by atoms with van der Waals surface area (Å²) in [5.41, 5.74) is 6.52. The van der Waals surface area contributed by atoms with Gasteiger partial charge >= 0.3 is 0 Å². The highest BCUT2D eigenvalue weighted by molar-refractivity contribution is 5.33. The average Bonchev–Trinajstić information content (AvgIpc) is 2.71. The number of halogens is 2. The van der Waals surface area contributed by atoms with Crippen molar-refractivity contribution in [3.8, 4) is 0 Å². The molecule has 0 aliphatic rings. The molecule has 2 aromatic rings. The molecule has 1 unspecified atom stereocenters. The summed E-state index contributed by atoms with van der Waals surface area (Å²) >= 11 is 0. The van der Waals surface area contributed by atoms with E-state index in [0.717, 1.165) is 0 Å². The Balaban J connectivity index is 2.50. The highest BCUT2D eigenvalue weighted by Crippen LogP contribution is 2.25. The molecule has 1 aromatic carbocycles. The predicted octanol–water partition coefficient (Wildman–Crippen LogP) is 2.05. The Kier molecular flexibility index (Phi) is 2.93. The summed E-state index contributed by atoms with van der Waals surface area (Å²) in [5, 5.41) is 4.06. The lowest BCUT2D eigenvalue weighted by Gasteiger charge is -2.13. The molecule has 1 aromatic heterocycles. The fraction of sp³-hybridized carbons (Fsp3) is 0.250. The van der Waals surface area contributed by atoms with Crippen molar-refractivity contribution in [3.05, 3.63) is 52.9 Å². The standard InChI is InChI=1S/C12H13F2N3/c1-7-3-4-8(13)10(11(7)14)12(15)9-5-6-17(2)16-9/h3-6,12H,15H2,1-2H3. The molecule has 2 rings (SSSR count). The highest BCUT2D eigenvalue weighted by atomic mass is 19.1. The van der Waals surface area contributed by atoms with Crippen molar-refractivity contribution in [3.63, 3.8) is 0 Å². The van der Waals surface area contributed by atoms with E-state index in [-0.39, 0.29) is 5.56 Å². The first-order valence-electron chi connectivity index (χ1n) is 5.20. The summed E-state index contributed by atoms with van der Waals surface area (Å²) in [7, 11) is 1.72. The molecule has 0 fully saturated rings. The van der Waals surface area contributed by atoms with Gasteiger partial charge in [0, 0.05) is 18.8 Å². The molecule has 3 nitrogen and oxygen atoms in total. The fourth-order valence-corrected chi connectivity index (χ4v) is 1.71. The summed E-state index contributed by atoms with van der Waals surface area (Å²) in [6, 6.07) is 3.36. The van der Waals surface area contributed by atoms with Crippen LogP contribution in [0.5, 0.6) is 0 Å². The minimum absolute atomic E-state index is 0.135. The second kappa shape index (κ2) is 4.25. The van der Waals surface area contributed by atoms with E-state index in [1.54, 1.807) is 30.9 Å². The van der Waals surface area contributed by atoms with Crippen molar-refractivity contribution in [1.29, 1.82) is 0 Å². The number of hydrogen-bond acceptors (Lipinski definition) is 2. The van der Waals surface area contributed by atoms with E-state index in [9.17, 15) is 8.78 Å². The molecular formula is C12H13F2N3. The molecule has 17 heavy (non-hydrogen) atoms. The van der Waals surface area contributed by atoms with E-state index >= 15 is 0 Å². The zero-order chi connectivity index (χ0) is 12.6. The Morgan fingerprint density at radius 3 is 2.59 bits per heavy atom. The third kappa shape index (κ3) is 2.06. The van der Waals surface area contributed by atoms with Crippen molar-refractivity contribution in [2.45, 2.75) is 13.0 Å². The number of aromatic nitrogens is 2. The third-order valence-corrected chi connectivity index (χ3v) is 2.68. The van der Waals surface area contributed by atoms with Gasteiger partial charge in [-0.05, 0) is 24.6 Å². The van der Waals surface area contributed by atoms with Crippen LogP contribution in [0.3, 0.4) is 0 Å². The summed E-state index contributed by atoms with van der Waals surface area (Å²) < 4.78 is 29.0. The van der Waals surface area contributed by atoms with Gasteiger partial charge in [0.15, 0.2) is 0 Å². The van der Waals surface area contributed by atoms with Gasteiger partial charge in [0.2, 0.25) is 0 Å². The van der Waals surface area contributed by atoms with Gasteiger partial charge in [0.25, 0.3) is 0 Å². The van der Waals surface area contributed by atoms with Crippen molar-refractivity contribution < 1.29 is 8.78 Å². The fourth-order valence-electron chi connectivity index (χ4n) is 1.71. The van der Waals surface area contributed by atoms with Crippen LogP contribution in [0.15, 0.2) is 24.4 Å². The van der Waals surface area contributed by atoms with Crippen molar-refractivity contribution in [1.82, 2.24) is 9.78 Å². The van der Waals surface area contributed by atoms with Gasteiger partial charge in [-0.25, -0.2) is 8.78 Å². The molecule has 90 valence electrons. The molecule has 0 bridgehead atoms. The van der Waals surface area contributed by atoms with Crippen molar-refractivity contribution in [2.75, 3.05) is 0 Å². The lowest BCUT2D eigenvalue weighted by Crippen LogP contribution is -2.17. The van der Waals surface area contributed by atoms with Crippen LogP contribution in [-0.2, 0) is 7.05 Å². The molecule has 0 saturated carbocycles. The van der Waals surface area contributed by atoms with Crippen LogP contribution >= 0.6 is 0 Å². The van der Waals surface area contributed by atoms with E-state index in [1.807, 2.05) is 0 Å². The summed E-state index contributed by atoms with van der Waals surface area (Å²) in [6.07, 6.45) is 1.68. The van der Waals surface area contributed by atoms with E-state index in [2.05, 4.69) is 5.10 Å². The zero-order valence-electron chi connectivity index (χ0n) is 9.61. The molecule has 5 heteroatoms. The maximum absolute atomic E-state index is 13.9. The Bertz CT molecular complexity index is 549. The second-order valence-corrected chi connectivity index (χ2v) is 3.98. The van der Waals surface area contributed by atoms with Crippen LogP contribution < -0.4 is 5.73 Å². The van der Waals surface area contributed by atoms with Gasteiger partial charge < -0.3 is 5.73 Å². The summed E-state index contributed by atoms with van der Waals surface area (Å²) in [5.74, 6) is -1.26. The number of rotatable bonds is 2. The number of benzene rings is 1. The highest BCUT2D eigenvalue weighted by Gasteiger charge is 2.21. The summed E-state index contributed by atoms with van der Waals surface area (Å²) in [4.78, 5) is 0. The van der Waals surface area contributed by atoms with Gasteiger partial charge in [-0.3, -0.25) is 4.68 Å². The largest absolute Gasteiger partial charge is 0.319 e. The minimum atomic E-state index is -0.893. The molecule has 2 N–H and O–H groups in total. The van der Waals surface area contributed by atoms with Crippen LogP contribution in [0, 0.1) is 18.6 Å². The molecular weight excluding hydrogens is 224 g/mol. The second-order valence-electron chi connectivity index (χ2n) is 3.98. The predicted molar refractivity (Wildman–Crippen MR) is 60.3 cm³/mol.